The monoisotopic (exact) mass is 398 g/mol. The molecule has 4 aliphatic heterocycles. The molecule has 5 nitrogen and oxygen atoms in total. The lowest BCUT2D eigenvalue weighted by atomic mass is 9.79. The van der Waals surface area contributed by atoms with Crippen molar-refractivity contribution < 1.29 is 9.53 Å². The number of anilines is 1. The van der Waals surface area contributed by atoms with Crippen LogP contribution in [0.25, 0.3) is 0 Å². The summed E-state index contributed by atoms with van der Waals surface area (Å²) in [7, 11) is 0. The highest BCUT2D eigenvalue weighted by atomic mass is 16.5. The standard InChI is InChI=1S/C24H36N3O2/c1-18-16-20(27(13-3-4-19(27)2)21-7-11-25-17-21)5-6-22(18)26-12-8-24(23(26)28)9-14-29-15-10-24/h5-6,16,19,21,25H,3-4,7-15,17H2,1-2H3/q+1/t19-,21-,27?/m0/s1. The number of likely N-dealkylation sites (tertiary alicyclic amines) is 1. The van der Waals surface area contributed by atoms with Crippen LogP contribution in [0.1, 0.15) is 51.0 Å². The first-order valence-corrected chi connectivity index (χ1v) is 11.7. The number of carbonyl (C=O) groups is 1. The highest BCUT2D eigenvalue weighted by Crippen LogP contribution is 2.45. The summed E-state index contributed by atoms with van der Waals surface area (Å²) >= 11 is 0. The topological polar surface area (TPSA) is 41.6 Å². The van der Waals surface area contributed by atoms with Gasteiger partial charge in [0, 0.05) is 69.9 Å². The first kappa shape index (κ1) is 19.5. The zero-order chi connectivity index (χ0) is 20.1. The molecule has 1 N–H and O–H groups in total. The molecule has 5 heteroatoms. The van der Waals surface area contributed by atoms with Crippen LogP contribution in [0.2, 0.25) is 0 Å². The molecule has 5 rings (SSSR count). The average molecular weight is 399 g/mol. The third-order valence-electron chi connectivity index (χ3n) is 8.54. The Kier molecular flexibility index (Phi) is 4.96. The molecule has 4 aliphatic rings. The zero-order valence-electron chi connectivity index (χ0n) is 18.1. The van der Waals surface area contributed by atoms with Crippen molar-refractivity contribution in [3.05, 3.63) is 23.8 Å². The van der Waals surface area contributed by atoms with Crippen LogP contribution in [0, 0.1) is 12.3 Å². The van der Waals surface area contributed by atoms with Crippen molar-refractivity contribution in [2.24, 2.45) is 5.41 Å². The van der Waals surface area contributed by atoms with Crippen LogP contribution < -0.4 is 14.7 Å². The molecule has 0 aromatic heterocycles. The van der Waals surface area contributed by atoms with Crippen LogP contribution in [0.15, 0.2) is 18.2 Å². The summed E-state index contributed by atoms with van der Waals surface area (Å²) in [6.45, 7) is 10.5. The molecule has 4 saturated heterocycles. The number of nitrogens with zero attached hydrogens (tertiary/aromatic N) is 2. The molecule has 4 fully saturated rings. The van der Waals surface area contributed by atoms with Gasteiger partial charge in [0.2, 0.25) is 5.91 Å². The number of benzene rings is 1. The predicted molar refractivity (Wildman–Crippen MR) is 117 cm³/mol. The summed E-state index contributed by atoms with van der Waals surface area (Å²) in [6, 6.07) is 8.33. The smallest absolute Gasteiger partial charge is 0.233 e. The fourth-order valence-corrected chi connectivity index (χ4v) is 6.75. The molecule has 1 aromatic carbocycles. The molecule has 0 radical (unpaired) electrons. The third kappa shape index (κ3) is 2.96. The fourth-order valence-electron chi connectivity index (χ4n) is 6.75. The quantitative estimate of drug-likeness (QED) is 0.794. The summed E-state index contributed by atoms with van der Waals surface area (Å²) in [4.78, 5) is 15.4. The maximum Gasteiger partial charge on any atom is 0.233 e. The largest absolute Gasteiger partial charge is 0.381 e. The first-order valence-electron chi connectivity index (χ1n) is 11.7. The van der Waals surface area contributed by atoms with Crippen LogP contribution >= 0.6 is 0 Å². The Morgan fingerprint density at radius 1 is 1.21 bits per heavy atom. The van der Waals surface area contributed by atoms with Gasteiger partial charge in [-0.1, -0.05) is 0 Å². The highest BCUT2D eigenvalue weighted by molar-refractivity contribution is 6.00. The summed E-state index contributed by atoms with van der Waals surface area (Å²) in [6.07, 6.45) is 6.62. The molecule has 1 amide bonds. The summed E-state index contributed by atoms with van der Waals surface area (Å²) in [5.74, 6) is 0.329. The van der Waals surface area contributed by atoms with Crippen LogP contribution in [-0.2, 0) is 9.53 Å². The average Bonchev–Trinajstić information content (AvgIpc) is 3.45. The number of aryl methyl sites for hydroxylation is 1. The molecule has 0 saturated carbocycles. The second-order valence-corrected chi connectivity index (χ2v) is 9.86. The van der Waals surface area contributed by atoms with Gasteiger partial charge in [0.25, 0.3) is 0 Å². The van der Waals surface area contributed by atoms with Gasteiger partial charge >= 0.3 is 0 Å². The number of nitrogens with one attached hydrogen (secondary N) is 1. The van der Waals surface area contributed by atoms with E-state index >= 15 is 0 Å². The van der Waals surface area contributed by atoms with Crippen molar-refractivity contribution in [2.75, 3.05) is 44.3 Å². The Morgan fingerprint density at radius 2 is 2.03 bits per heavy atom. The summed E-state index contributed by atoms with van der Waals surface area (Å²) < 4.78 is 6.66. The minimum absolute atomic E-state index is 0.171. The Bertz CT molecular complexity index is 782. The molecule has 0 bridgehead atoms. The molecular weight excluding hydrogens is 362 g/mol. The highest BCUT2D eigenvalue weighted by Gasteiger charge is 2.50. The van der Waals surface area contributed by atoms with Crippen molar-refractivity contribution in [2.45, 2.75) is 64.5 Å². The van der Waals surface area contributed by atoms with Crippen LogP contribution in [0.5, 0.6) is 0 Å². The molecule has 1 spiro atoms. The zero-order valence-corrected chi connectivity index (χ0v) is 18.1. The van der Waals surface area contributed by atoms with Crippen molar-refractivity contribution in [3.8, 4) is 0 Å². The predicted octanol–water partition coefficient (Wildman–Crippen LogP) is 3.38. The van der Waals surface area contributed by atoms with Gasteiger partial charge in [-0.25, -0.2) is 0 Å². The normalized spacial score (nSPS) is 34.4. The molecule has 0 aliphatic carbocycles. The van der Waals surface area contributed by atoms with Crippen molar-refractivity contribution in [1.29, 1.82) is 0 Å². The molecule has 158 valence electrons. The maximum absolute atomic E-state index is 13.4. The number of amides is 1. The lowest BCUT2D eigenvalue weighted by Gasteiger charge is -2.43. The van der Waals surface area contributed by atoms with E-state index in [1.54, 1.807) is 0 Å². The number of ether oxygens (including phenoxy) is 1. The lowest BCUT2D eigenvalue weighted by Crippen LogP contribution is -2.59. The lowest BCUT2D eigenvalue weighted by molar-refractivity contribution is -0.130. The molecular formula is C24H36N3O2+. The van der Waals surface area contributed by atoms with E-state index in [9.17, 15) is 4.79 Å². The van der Waals surface area contributed by atoms with Gasteiger partial charge in [-0.15, -0.1) is 0 Å². The second kappa shape index (κ2) is 7.36. The maximum atomic E-state index is 13.4. The molecule has 29 heavy (non-hydrogen) atoms. The second-order valence-electron chi connectivity index (χ2n) is 9.86. The van der Waals surface area contributed by atoms with Crippen LogP contribution in [-0.4, -0.2) is 57.4 Å². The van der Waals surface area contributed by atoms with Gasteiger partial charge in [0.15, 0.2) is 0 Å². The number of rotatable bonds is 3. The van der Waals surface area contributed by atoms with Gasteiger partial charge in [-0.2, -0.15) is 0 Å². The third-order valence-corrected chi connectivity index (χ3v) is 8.54. The van der Waals surface area contributed by atoms with E-state index < -0.39 is 0 Å². The number of hydrogen-bond donors (Lipinski definition) is 1. The van der Waals surface area contributed by atoms with Crippen LogP contribution in [0.3, 0.4) is 0 Å². The SMILES string of the molecule is Cc1cc([N+]2([C@H]3CCNC3)CCC[C@@H]2C)ccc1N1CCC2(CCOCC2)C1=O. The van der Waals surface area contributed by atoms with E-state index in [0.717, 1.165) is 62.3 Å². The Labute approximate surface area is 175 Å². The van der Waals surface area contributed by atoms with E-state index in [4.69, 9.17) is 4.74 Å². The Balaban J connectivity index is 1.45. The Hall–Kier alpha value is -1.43. The van der Waals surface area contributed by atoms with E-state index in [1.165, 1.54) is 37.1 Å². The molecule has 1 unspecified atom stereocenters. The van der Waals surface area contributed by atoms with E-state index in [0.29, 0.717) is 18.0 Å². The Morgan fingerprint density at radius 3 is 2.69 bits per heavy atom. The summed E-state index contributed by atoms with van der Waals surface area (Å²) in [5, 5.41) is 3.60. The minimum atomic E-state index is -0.171. The molecule has 4 heterocycles. The van der Waals surface area contributed by atoms with Crippen LogP contribution in [0.4, 0.5) is 11.4 Å². The van der Waals surface area contributed by atoms with E-state index in [1.807, 2.05) is 0 Å². The number of hydrogen-bond acceptors (Lipinski definition) is 3. The fraction of sp³-hybridized carbons (Fsp3) is 0.708. The van der Waals surface area contributed by atoms with Gasteiger partial charge in [-0.3, -0.25) is 9.28 Å². The van der Waals surface area contributed by atoms with Crippen molar-refractivity contribution in [1.82, 2.24) is 9.80 Å². The first-order chi connectivity index (χ1) is 14.1. The van der Waals surface area contributed by atoms with Gasteiger partial charge < -0.3 is 15.0 Å². The van der Waals surface area contributed by atoms with Crippen molar-refractivity contribution >= 4 is 17.3 Å². The molecule has 3 atom stereocenters. The van der Waals surface area contributed by atoms with E-state index in [-0.39, 0.29) is 5.41 Å². The van der Waals surface area contributed by atoms with E-state index in [2.05, 4.69) is 42.3 Å². The van der Waals surface area contributed by atoms with Crippen molar-refractivity contribution in [3.63, 3.8) is 0 Å². The molecule has 1 aromatic rings. The van der Waals surface area contributed by atoms with Gasteiger partial charge in [-0.05, 0) is 44.7 Å². The summed E-state index contributed by atoms with van der Waals surface area (Å²) in [5.41, 5.74) is 3.66. The number of carbonyl (C=O) groups excluding carboxylic acids is 1. The minimum Gasteiger partial charge on any atom is -0.381 e. The number of quaternary nitrogens is 1. The van der Waals surface area contributed by atoms with Gasteiger partial charge in [0.05, 0.1) is 18.0 Å². The van der Waals surface area contributed by atoms with Gasteiger partial charge in [0.1, 0.15) is 11.7 Å².